The fourth-order valence-corrected chi connectivity index (χ4v) is 18.2. The van der Waals surface area contributed by atoms with Gasteiger partial charge >= 0.3 is 10.4 Å². The Kier molecular flexibility index (Phi) is 23.2. The monoisotopic (exact) mass is 1420 g/mol. The van der Waals surface area contributed by atoms with Gasteiger partial charge in [0.15, 0.2) is 37.7 Å². The number of hydrogen-bond donors (Lipinski definition) is 17. The zero-order chi connectivity index (χ0) is 70.8. The normalized spacial score (nSPS) is 53.7. The Bertz CT molecular complexity index is 2790. The van der Waals surface area contributed by atoms with E-state index in [0.717, 1.165) is 6.42 Å². The topological polar surface area (TPSA) is 511 Å². The number of aliphatic hydroxyl groups is 16. The lowest BCUT2D eigenvalue weighted by Crippen LogP contribution is -2.68. The zero-order valence-corrected chi connectivity index (χ0v) is 56.5. The maximum absolute atomic E-state index is 12.6. The summed E-state index contributed by atoms with van der Waals surface area (Å²) in [5, 5.41) is 180. The van der Waals surface area contributed by atoms with Crippen LogP contribution in [0.4, 0.5) is 0 Å². The summed E-state index contributed by atoms with van der Waals surface area (Å²) in [7, 11) is -4.91. The summed E-state index contributed by atoms with van der Waals surface area (Å²) in [5.74, 6) is -0.224. The van der Waals surface area contributed by atoms with Crippen molar-refractivity contribution in [2.24, 2.45) is 46.3 Å². The molecule has 7 heterocycles. The zero-order valence-electron chi connectivity index (χ0n) is 55.7. The molecule has 17 N–H and O–H groups in total. The van der Waals surface area contributed by atoms with Gasteiger partial charge in [-0.3, -0.25) is 4.55 Å². The smallest absolute Gasteiger partial charge is 0.394 e. The van der Waals surface area contributed by atoms with E-state index in [-0.39, 0.29) is 48.7 Å². The van der Waals surface area contributed by atoms with E-state index in [2.05, 4.69) is 40.7 Å². The lowest BCUT2D eigenvalue weighted by atomic mass is 9.47. The standard InChI is InChI=1S/C63H104O33S/c1-21(2)22(3)49-54(91-49)63(9,79)35-11-10-28-27-17-31(30-16-26(96-97(80,81)82)12-14-61(30,7)29(27)13-15-62(28,35)8)87-58-48(78)51(38(68)25(6)86-58)93-59-52(94-55-44(74)41(71)36(66)23(4)84-55)40(70)34(20-83-59)90-60-53(95-56-45(75)42(72)37(67)24(5)85-56)47(77)50(33(19-65)89-60)92-57-46(76)43(73)39(69)32(18-64)88-57/h13,21-28,30-60,64-79H,10-12,14-20H2,1-9H3,(H,80,81,82)/t22?,23?,24?,25?,26?,27?,28?,30?,31-,32?,33?,34?,35?,36?,37?,38?,39?,40?,41?,42?,43?,44?,45?,46?,47?,48?,49-,50?,51?,52?,53?,54+,55?,56?,57?,58?,59?,60?,61?,62?,63+/m0/s1. The van der Waals surface area contributed by atoms with Gasteiger partial charge in [-0.15, -0.1) is 0 Å². The molecule has 37 unspecified atom stereocenters. The highest BCUT2D eigenvalue weighted by Gasteiger charge is 2.67. The number of hydrogen-bond acceptors (Lipinski definition) is 32. The molecule has 0 aromatic rings. The quantitative estimate of drug-likeness (QED) is 0.0309. The SMILES string of the molecule is CC(C)C(C)[C@@H]1O[C@H]1[C@](C)(O)C1CCC2C3C[C@H](OC4OC(C)C(O)C(OC5OCC(OC6OC(CO)C(OC7OC(CO)C(O)C(O)C7O)C(O)C6OC6OC(C)C(O)C(O)C6O)C(O)C5OC5OC(C)C(O)C(O)C5O)C4O)C4CC(OS(=O)(=O)O)CCC4(C)C3=CCC21C. The number of fused-ring (bicyclic) bond motifs is 5. The molecule has 560 valence electrons. The molecular weight excluding hydrogens is 1320 g/mol. The number of allylic oxidation sites excluding steroid dienone is 2. The Hall–Kier alpha value is -1.55. The van der Waals surface area contributed by atoms with Gasteiger partial charge in [0.1, 0.15) is 128 Å². The predicted octanol–water partition coefficient (Wildman–Crippen LogP) is -4.80. The molecule has 33 nitrogen and oxygen atoms in total. The van der Waals surface area contributed by atoms with E-state index in [1.807, 2.05) is 6.92 Å². The molecular formula is C63H104O33S. The van der Waals surface area contributed by atoms with Crippen LogP contribution in [0.5, 0.6) is 0 Å². The number of epoxide rings is 1. The van der Waals surface area contributed by atoms with E-state index in [4.69, 9.17) is 65.8 Å². The van der Waals surface area contributed by atoms with Crippen LogP contribution in [0, 0.1) is 46.3 Å². The molecule has 3 saturated carbocycles. The molecule has 0 bridgehead atoms. The van der Waals surface area contributed by atoms with Gasteiger partial charge in [0.25, 0.3) is 0 Å². The lowest BCUT2D eigenvalue weighted by molar-refractivity contribution is -0.406. The molecule has 0 spiro atoms. The summed E-state index contributed by atoms with van der Waals surface area (Å²) in [6, 6.07) is 0. The Morgan fingerprint density at radius 2 is 1.06 bits per heavy atom. The van der Waals surface area contributed by atoms with Crippen molar-refractivity contribution in [2.75, 3.05) is 19.8 Å². The second kappa shape index (κ2) is 29.4. The van der Waals surface area contributed by atoms with Crippen molar-refractivity contribution in [3.05, 3.63) is 11.6 Å². The average molecular weight is 1420 g/mol. The van der Waals surface area contributed by atoms with Crippen molar-refractivity contribution >= 4 is 10.4 Å². The minimum absolute atomic E-state index is 0.0268. The number of rotatable bonds is 20. The number of ether oxygens (including phenoxy) is 13. The first-order chi connectivity index (χ1) is 45.4. The molecule has 0 amide bonds. The van der Waals surface area contributed by atoms with Crippen LogP contribution >= 0.6 is 0 Å². The van der Waals surface area contributed by atoms with Gasteiger partial charge < -0.3 is 143 Å². The Morgan fingerprint density at radius 3 is 1.64 bits per heavy atom. The maximum Gasteiger partial charge on any atom is 0.397 e. The van der Waals surface area contributed by atoms with Crippen LogP contribution in [-0.2, 0) is 76.2 Å². The third-order valence-electron chi connectivity index (χ3n) is 23.8. The third-order valence-corrected chi connectivity index (χ3v) is 24.4. The summed E-state index contributed by atoms with van der Waals surface area (Å²) in [6.07, 6.45) is -49.1. The molecule has 11 rings (SSSR count). The average Bonchev–Trinajstić information content (AvgIpc) is 1.67. The summed E-state index contributed by atoms with van der Waals surface area (Å²) >= 11 is 0. The fraction of sp³-hybridized carbons (Fsp3) is 0.968. The molecule has 0 aromatic heterocycles. The van der Waals surface area contributed by atoms with Crippen LogP contribution in [-0.4, -0.2) is 323 Å². The molecule has 7 saturated heterocycles. The van der Waals surface area contributed by atoms with Crippen molar-refractivity contribution in [1.82, 2.24) is 0 Å². The fourth-order valence-electron chi connectivity index (χ4n) is 17.7. The minimum atomic E-state index is -4.91. The molecule has 41 atom stereocenters. The van der Waals surface area contributed by atoms with E-state index >= 15 is 0 Å². The third kappa shape index (κ3) is 14.6. The Labute approximate surface area is 562 Å². The molecule has 0 radical (unpaired) electrons. The van der Waals surface area contributed by atoms with Crippen molar-refractivity contribution in [1.29, 1.82) is 0 Å². The van der Waals surface area contributed by atoms with Gasteiger partial charge in [-0.2, -0.15) is 8.42 Å². The van der Waals surface area contributed by atoms with E-state index in [0.29, 0.717) is 31.6 Å². The highest BCUT2D eigenvalue weighted by molar-refractivity contribution is 7.80. The van der Waals surface area contributed by atoms with E-state index in [1.165, 1.54) is 26.3 Å². The molecule has 0 aromatic carbocycles. The summed E-state index contributed by atoms with van der Waals surface area (Å²) in [5.41, 5.74) is -1.05. The highest BCUT2D eigenvalue weighted by atomic mass is 32.3. The van der Waals surface area contributed by atoms with Gasteiger partial charge in [0, 0.05) is 0 Å². The predicted molar refractivity (Wildman–Crippen MR) is 322 cm³/mol. The second-order valence-electron chi connectivity index (χ2n) is 30.2. The first-order valence-corrected chi connectivity index (χ1v) is 35.4. The van der Waals surface area contributed by atoms with Gasteiger partial charge in [-0.25, -0.2) is 4.18 Å². The van der Waals surface area contributed by atoms with Crippen LogP contribution < -0.4 is 0 Å². The van der Waals surface area contributed by atoms with E-state index in [9.17, 15) is 94.7 Å². The van der Waals surface area contributed by atoms with Gasteiger partial charge in [-0.05, 0) is 119 Å². The molecule has 11 aliphatic rings. The minimum Gasteiger partial charge on any atom is -0.394 e. The van der Waals surface area contributed by atoms with Crippen molar-refractivity contribution < 1.29 is 160 Å². The molecule has 10 fully saturated rings. The Morgan fingerprint density at radius 1 is 0.546 bits per heavy atom. The van der Waals surface area contributed by atoms with Crippen molar-refractivity contribution in [3.8, 4) is 0 Å². The van der Waals surface area contributed by atoms with Crippen molar-refractivity contribution in [3.63, 3.8) is 0 Å². The molecule has 7 aliphatic heterocycles. The first kappa shape index (κ1) is 76.6. The highest BCUT2D eigenvalue weighted by Crippen LogP contribution is 2.68. The largest absolute Gasteiger partial charge is 0.397 e. The summed E-state index contributed by atoms with van der Waals surface area (Å²) < 4.78 is 120. The van der Waals surface area contributed by atoms with Crippen LogP contribution in [0.2, 0.25) is 0 Å². The second-order valence-corrected chi connectivity index (χ2v) is 31.2. The first-order valence-electron chi connectivity index (χ1n) is 34.1. The number of aliphatic hydroxyl groups excluding tert-OH is 15. The molecule has 97 heavy (non-hydrogen) atoms. The van der Waals surface area contributed by atoms with E-state index in [1.54, 1.807) is 0 Å². The lowest BCUT2D eigenvalue weighted by Gasteiger charge is -2.60. The summed E-state index contributed by atoms with van der Waals surface area (Å²) in [4.78, 5) is 0. The van der Waals surface area contributed by atoms with Gasteiger partial charge in [0.05, 0.1) is 62.0 Å². The van der Waals surface area contributed by atoms with Gasteiger partial charge in [0.2, 0.25) is 0 Å². The molecule has 34 heteroatoms. The van der Waals surface area contributed by atoms with Crippen LogP contribution in [0.1, 0.15) is 107 Å². The van der Waals surface area contributed by atoms with Gasteiger partial charge in [-0.1, -0.05) is 46.3 Å². The maximum atomic E-state index is 12.6. The summed E-state index contributed by atoms with van der Waals surface area (Å²) in [6.45, 7) is 14.1. The Balaban J connectivity index is 0.864. The van der Waals surface area contributed by atoms with Crippen LogP contribution in [0.15, 0.2) is 11.6 Å². The van der Waals surface area contributed by atoms with Crippen molar-refractivity contribution in [2.45, 2.75) is 315 Å². The molecule has 4 aliphatic carbocycles. The van der Waals surface area contributed by atoms with E-state index < -0.39 is 243 Å². The van der Waals surface area contributed by atoms with Crippen LogP contribution in [0.3, 0.4) is 0 Å². The van der Waals surface area contributed by atoms with Crippen LogP contribution in [0.25, 0.3) is 0 Å².